The molecule has 0 aliphatic heterocycles. The number of nitrogens with zero attached hydrogens (tertiary/aromatic N) is 1. The van der Waals surface area contributed by atoms with Gasteiger partial charge in [0.2, 0.25) is 0 Å². The number of amides is 1. The zero-order valence-corrected chi connectivity index (χ0v) is 20.6. The van der Waals surface area contributed by atoms with Crippen molar-refractivity contribution >= 4 is 32.6 Å². The Labute approximate surface area is 200 Å². The molecular formula is C24H22IN2O4S+. The zero-order valence-electron chi connectivity index (χ0n) is 17.6. The third-order valence-electron chi connectivity index (χ3n) is 4.47. The third kappa shape index (κ3) is 5.76. The van der Waals surface area contributed by atoms with Gasteiger partial charge < -0.3 is 14.2 Å². The van der Waals surface area contributed by atoms with Gasteiger partial charge in [0.05, 0.1) is 17.3 Å². The highest BCUT2D eigenvalue weighted by Crippen LogP contribution is 2.29. The first-order chi connectivity index (χ1) is 15.6. The smallest absolute Gasteiger partial charge is 0.357 e. The first-order valence-corrected chi connectivity index (χ1v) is 12.9. The maximum atomic E-state index is 12.7. The molecule has 4 aromatic rings. The molecule has 4 rings (SSSR count). The number of hydrogen-bond donors (Lipinski definition) is 1. The Morgan fingerprint density at radius 2 is 1.69 bits per heavy atom. The fourth-order valence-electron chi connectivity index (χ4n) is 2.83. The Morgan fingerprint density at radius 3 is 2.38 bits per heavy atom. The predicted octanol–water partition coefficient (Wildman–Crippen LogP) is 2.06. The predicted molar refractivity (Wildman–Crippen MR) is 122 cm³/mol. The fraction of sp³-hybridized carbons (Fsp3) is 0.167. The molecule has 0 atom stereocenters. The largest absolute Gasteiger partial charge is 0.497 e. The monoisotopic (exact) mass is 561 g/mol. The lowest BCUT2D eigenvalue weighted by molar-refractivity contribution is -0.597. The molecule has 6 nitrogen and oxygen atoms in total. The van der Waals surface area contributed by atoms with Crippen LogP contribution in [0.25, 0.3) is 10.2 Å². The molecule has 3 aromatic carbocycles. The molecule has 0 radical (unpaired) electrons. The number of hydrogen-bond acceptors (Lipinski definition) is 6. The van der Waals surface area contributed by atoms with Crippen molar-refractivity contribution in [1.29, 1.82) is 0 Å². The summed E-state index contributed by atoms with van der Waals surface area (Å²) in [4.78, 5) is 17.2. The Morgan fingerprint density at radius 1 is 1.00 bits per heavy atom. The fourth-order valence-corrected chi connectivity index (χ4v) is 5.88. The number of methoxy groups -OCH3 is 1. The molecule has 0 bridgehead atoms. The summed E-state index contributed by atoms with van der Waals surface area (Å²) >= 11 is 1.10. The molecule has 32 heavy (non-hydrogen) atoms. The number of thiazole rings is 1. The molecule has 0 spiro atoms. The second-order valence-corrected chi connectivity index (χ2v) is 10.7. The van der Waals surface area contributed by atoms with E-state index in [9.17, 15) is 4.79 Å². The van der Waals surface area contributed by atoms with Crippen LogP contribution in [0.4, 0.5) is 5.13 Å². The molecule has 1 N–H and O–H groups in total. The van der Waals surface area contributed by atoms with Gasteiger partial charge >= 0.3 is 21.2 Å². The van der Waals surface area contributed by atoms with Crippen molar-refractivity contribution in [2.75, 3.05) is 25.8 Å². The van der Waals surface area contributed by atoms with E-state index >= 15 is 0 Å². The van der Waals surface area contributed by atoms with Gasteiger partial charge in [0, 0.05) is 12.2 Å². The number of carbonyl (C=O) groups is 1. The Kier molecular flexibility index (Phi) is 7.56. The third-order valence-corrected chi connectivity index (χ3v) is 8.08. The summed E-state index contributed by atoms with van der Waals surface area (Å²) in [6.07, 6.45) is 0. The molecule has 0 saturated carbocycles. The van der Waals surface area contributed by atoms with Crippen LogP contribution in [-0.4, -0.2) is 31.4 Å². The van der Waals surface area contributed by atoms with E-state index in [1.807, 2.05) is 61.5 Å². The van der Waals surface area contributed by atoms with E-state index in [4.69, 9.17) is 14.2 Å². The van der Waals surface area contributed by atoms with Crippen LogP contribution >= 0.6 is 11.3 Å². The number of rotatable bonds is 9. The second kappa shape index (κ2) is 10.8. The molecule has 1 amide bonds. The minimum absolute atomic E-state index is 0.175. The maximum Gasteiger partial charge on any atom is 0.357 e. The molecule has 1 aromatic heterocycles. The van der Waals surface area contributed by atoms with Gasteiger partial charge in [0.1, 0.15) is 11.5 Å². The summed E-state index contributed by atoms with van der Waals surface area (Å²) in [6.45, 7) is 2.73. The number of halogens is 1. The Bertz CT molecular complexity index is 1190. The topological polar surface area (TPSA) is 69.7 Å². The van der Waals surface area contributed by atoms with Crippen LogP contribution < -0.4 is 36.0 Å². The molecule has 0 fully saturated rings. The van der Waals surface area contributed by atoms with Crippen molar-refractivity contribution in [2.45, 2.75) is 6.92 Å². The summed E-state index contributed by atoms with van der Waals surface area (Å²) < 4.78 is 19.4. The quantitative estimate of drug-likeness (QED) is 0.193. The standard InChI is InChI=1S/C24H21IN2O4S/c1-3-30-15-31-20-12-13-21-22(14-20)32-24(26-21)27-23(28)16-4-6-17(7-5-16)25-18-8-10-19(29-2)11-9-18/h4-14H,3,15H2,1-2H3/p+1. The van der Waals surface area contributed by atoms with Crippen LogP contribution in [-0.2, 0) is 4.74 Å². The number of benzene rings is 3. The lowest BCUT2D eigenvalue weighted by Crippen LogP contribution is -3.61. The molecule has 0 saturated heterocycles. The highest BCUT2D eigenvalue weighted by Gasteiger charge is 2.17. The number of anilines is 1. The molecule has 0 unspecified atom stereocenters. The molecule has 8 heteroatoms. The average molecular weight is 561 g/mol. The van der Waals surface area contributed by atoms with Crippen molar-refractivity contribution in [1.82, 2.24) is 4.98 Å². The molecular weight excluding hydrogens is 539 g/mol. The minimum Gasteiger partial charge on any atom is -0.497 e. The SMILES string of the molecule is CCOCOc1ccc2nc(NC(=O)c3ccc([I+]c4ccc(OC)cc4)cc3)sc2c1. The minimum atomic E-state index is -0.313. The van der Waals surface area contributed by atoms with Crippen molar-refractivity contribution < 1.29 is 40.2 Å². The van der Waals surface area contributed by atoms with Gasteiger partial charge in [-0.1, -0.05) is 11.3 Å². The lowest BCUT2D eigenvalue weighted by Gasteiger charge is -2.04. The molecule has 0 aliphatic carbocycles. The molecule has 0 aliphatic rings. The first-order valence-electron chi connectivity index (χ1n) is 9.96. The summed E-state index contributed by atoms with van der Waals surface area (Å²) in [5.74, 6) is 1.39. The van der Waals surface area contributed by atoms with Gasteiger partial charge in [0.15, 0.2) is 19.1 Å². The van der Waals surface area contributed by atoms with Gasteiger partial charge in [-0.3, -0.25) is 10.1 Å². The summed E-state index contributed by atoms with van der Waals surface area (Å²) in [5.41, 5.74) is 1.42. The van der Waals surface area contributed by atoms with Crippen molar-refractivity contribution in [3.05, 3.63) is 79.4 Å². The summed E-state index contributed by atoms with van der Waals surface area (Å²) in [6, 6.07) is 21.5. The van der Waals surface area contributed by atoms with E-state index in [1.54, 1.807) is 7.11 Å². The van der Waals surface area contributed by atoms with E-state index in [-0.39, 0.29) is 33.9 Å². The highest BCUT2D eigenvalue weighted by molar-refractivity contribution is 7.22. The van der Waals surface area contributed by atoms with E-state index in [2.05, 4.69) is 22.4 Å². The van der Waals surface area contributed by atoms with Crippen LogP contribution in [0.3, 0.4) is 0 Å². The normalized spacial score (nSPS) is 10.8. The van der Waals surface area contributed by atoms with Crippen LogP contribution in [0.5, 0.6) is 11.5 Å². The highest BCUT2D eigenvalue weighted by atomic mass is 127. The second-order valence-electron chi connectivity index (χ2n) is 6.62. The van der Waals surface area contributed by atoms with Crippen LogP contribution in [0.15, 0.2) is 66.7 Å². The van der Waals surface area contributed by atoms with Crippen LogP contribution in [0.2, 0.25) is 0 Å². The van der Waals surface area contributed by atoms with Crippen LogP contribution in [0, 0.1) is 7.14 Å². The average Bonchev–Trinajstić information content (AvgIpc) is 3.21. The number of aromatic nitrogens is 1. The van der Waals surface area contributed by atoms with E-state index in [0.717, 1.165) is 16.0 Å². The maximum absolute atomic E-state index is 12.7. The number of carbonyl (C=O) groups excluding carboxylic acids is 1. The Balaban J connectivity index is 1.39. The number of ether oxygens (including phenoxy) is 3. The van der Waals surface area contributed by atoms with Crippen molar-refractivity contribution in [2.24, 2.45) is 0 Å². The van der Waals surface area contributed by atoms with Gasteiger partial charge in [-0.25, -0.2) is 4.98 Å². The Hall–Kier alpha value is -2.69. The molecule has 1 heterocycles. The summed E-state index contributed by atoms with van der Waals surface area (Å²) in [7, 11) is 1.66. The van der Waals surface area contributed by atoms with Crippen LogP contribution in [0.1, 0.15) is 17.3 Å². The lowest BCUT2D eigenvalue weighted by atomic mass is 10.2. The van der Waals surface area contributed by atoms with Gasteiger partial charge in [0.25, 0.3) is 5.91 Å². The first kappa shape index (κ1) is 22.5. The van der Waals surface area contributed by atoms with Gasteiger partial charge in [-0.2, -0.15) is 0 Å². The molecule has 164 valence electrons. The van der Waals surface area contributed by atoms with Gasteiger partial charge in [-0.05, 0) is 73.7 Å². The van der Waals surface area contributed by atoms with Gasteiger partial charge in [-0.15, -0.1) is 0 Å². The van der Waals surface area contributed by atoms with E-state index in [1.165, 1.54) is 18.5 Å². The summed E-state index contributed by atoms with van der Waals surface area (Å²) in [5, 5.41) is 3.46. The van der Waals surface area contributed by atoms with Crippen molar-refractivity contribution in [3.63, 3.8) is 0 Å². The van der Waals surface area contributed by atoms with Crippen molar-refractivity contribution in [3.8, 4) is 11.5 Å². The number of nitrogens with one attached hydrogen (secondary N) is 1. The van der Waals surface area contributed by atoms with E-state index in [0.29, 0.717) is 23.1 Å². The number of fused-ring (bicyclic) bond motifs is 1. The zero-order chi connectivity index (χ0) is 22.3. The van der Waals surface area contributed by atoms with E-state index < -0.39 is 0 Å².